The predicted molar refractivity (Wildman–Crippen MR) is 239 cm³/mol. The van der Waals surface area contributed by atoms with Gasteiger partial charge in [-0.3, -0.25) is 0 Å². The van der Waals surface area contributed by atoms with Gasteiger partial charge in [0.1, 0.15) is 0 Å². The van der Waals surface area contributed by atoms with Crippen molar-refractivity contribution in [1.82, 2.24) is 0 Å². The van der Waals surface area contributed by atoms with E-state index in [0.717, 1.165) is 0 Å². The van der Waals surface area contributed by atoms with E-state index < -0.39 is 0 Å². The highest BCUT2D eigenvalue weighted by Crippen LogP contribution is 2.50. The fourth-order valence-corrected chi connectivity index (χ4v) is 11.6. The Morgan fingerprint density at radius 2 is 0.759 bits per heavy atom. The number of benzene rings is 10. The molecule has 0 unspecified atom stereocenters. The lowest BCUT2D eigenvalue weighted by atomic mass is 9.85. The first-order valence-corrected chi connectivity index (χ1v) is 20.1. The highest BCUT2D eigenvalue weighted by molar-refractivity contribution is 7.30. The molecule has 2 heterocycles. The Labute approximate surface area is 319 Å². The molecular formula is C52H30S2. The fourth-order valence-electron chi connectivity index (χ4n) is 9.00. The summed E-state index contributed by atoms with van der Waals surface area (Å²) in [5, 5.41) is 15.8. The first kappa shape index (κ1) is 30.2. The normalized spacial score (nSPS) is 12.1. The van der Waals surface area contributed by atoms with E-state index in [1.165, 1.54) is 117 Å². The smallest absolute Gasteiger partial charge is 0.0455 e. The van der Waals surface area contributed by atoms with Crippen molar-refractivity contribution in [1.29, 1.82) is 0 Å². The standard InChI is InChI=1S/C52H30S2/c1-2-12-34-29-36(26-23-31(34)11-1)48-39-15-5-3-13-37(39)47(38-14-4-6-16-40(38)48)33-24-21-32(22-25-33)35-27-28-44-46(30-35)54-51-42-18-8-7-17-41(42)49-43-19-9-10-20-45(43)53-52(49)50(44)51/h1-30H. The molecule has 250 valence electrons. The van der Waals surface area contributed by atoms with E-state index in [9.17, 15) is 0 Å². The van der Waals surface area contributed by atoms with Crippen molar-refractivity contribution in [3.63, 3.8) is 0 Å². The minimum Gasteiger partial charge on any atom is -0.134 e. The summed E-state index contributed by atoms with van der Waals surface area (Å²) in [5.41, 5.74) is 7.55. The minimum atomic E-state index is 1.23. The Bertz CT molecular complexity index is 3430. The monoisotopic (exact) mass is 718 g/mol. The second-order valence-electron chi connectivity index (χ2n) is 14.3. The first-order valence-electron chi connectivity index (χ1n) is 18.5. The minimum absolute atomic E-state index is 1.23. The van der Waals surface area contributed by atoms with Gasteiger partial charge in [-0.1, -0.05) is 164 Å². The van der Waals surface area contributed by atoms with E-state index in [2.05, 4.69) is 182 Å². The summed E-state index contributed by atoms with van der Waals surface area (Å²) in [6.07, 6.45) is 0. The summed E-state index contributed by atoms with van der Waals surface area (Å²) < 4.78 is 5.48. The lowest BCUT2D eigenvalue weighted by Crippen LogP contribution is -1.91. The van der Waals surface area contributed by atoms with Gasteiger partial charge in [-0.15, -0.1) is 22.7 Å². The lowest BCUT2D eigenvalue weighted by Gasteiger charge is -2.18. The topological polar surface area (TPSA) is 0 Å². The zero-order valence-electron chi connectivity index (χ0n) is 29.1. The van der Waals surface area contributed by atoms with Crippen molar-refractivity contribution in [2.45, 2.75) is 0 Å². The van der Waals surface area contributed by atoms with E-state index in [1.807, 2.05) is 22.7 Å². The summed E-state index contributed by atoms with van der Waals surface area (Å²) in [6.45, 7) is 0. The SMILES string of the molecule is c1ccc2cc(-c3c4ccccc4c(-c4ccc(-c5ccc6c(c5)sc5c7ccccc7c7c8ccccc8sc7c65)cc4)c4ccccc34)ccc2c1. The van der Waals surface area contributed by atoms with E-state index in [0.29, 0.717) is 0 Å². The van der Waals surface area contributed by atoms with Crippen molar-refractivity contribution in [3.8, 4) is 33.4 Å². The maximum absolute atomic E-state index is 2.41. The van der Waals surface area contributed by atoms with Crippen LogP contribution in [0, 0.1) is 0 Å². The van der Waals surface area contributed by atoms with Gasteiger partial charge >= 0.3 is 0 Å². The molecule has 12 rings (SSSR count). The van der Waals surface area contributed by atoms with Crippen molar-refractivity contribution >= 4 is 106 Å². The van der Waals surface area contributed by atoms with Gasteiger partial charge in [0.05, 0.1) is 0 Å². The average Bonchev–Trinajstić information content (AvgIpc) is 3.82. The molecule has 54 heavy (non-hydrogen) atoms. The highest BCUT2D eigenvalue weighted by atomic mass is 32.1. The van der Waals surface area contributed by atoms with Crippen LogP contribution in [0.5, 0.6) is 0 Å². The van der Waals surface area contributed by atoms with Gasteiger partial charge in [0.2, 0.25) is 0 Å². The summed E-state index contributed by atoms with van der Waals surface area (Å²) in [6, 6.07) is 67.6. The maximum Gasteiger partial charge on any atom is 0.0455 e. The van der Waals surface area contributed by atoms with Gasteiger partial charge in [-0.25, -0.2) is 0 Å². The third-order valence-corrected chi connectivity index (χ3v) is 13.8. The maximum atomic E-state index is 2.41. The van der Waals surface area contributed by atoms with Crippen LogP contribution in [-0.2, 0) is 0 Å². The molecule has 12 aromatic rings. The molecule has 0 spiro atoms. The van der Waals surface area contributed by atoms with Gasteiger partial charge in [-0.05, 0) is 89.3 Å². The Hall–Kier alpha value is -6.32. The second-order valence-corrected chi connectivity index (χ2v) is 16.4. The number of hydrogen-bond acceptors (Lipinski definition) is 2. The highest BCUT2D eigenvalue weighted by Gasteiger charge is 2.20. The Balaban J connectivity index is 1.01. The summed E-state index contributed by atoms with van der Waals surface area (Å²) in [5.74, 6) is 0. The third kappa shape index (κ3) is 4.36. The van der Waals surface area contributed by atoms with Crippen molar-refractivity contribution in [2.24, 2.45) is 0 Å². The molecule has 0 bridgehead atoms. The molecule has 2 aromatic heterocycles. The number of fused-ring (bicyclic) bond motifs is 13. The number of rotatable bonds is 3. The van der Waals surface area contributed by atoms with E-state index in [1.54, 1.807) is 0 Å². The second kappa shape index (κ2) is 11.6. The molecule has 10 aromatic carbocycles. The zero-order valence-corrected chi connectivity index (χ0v) is 30.8. The predicted octanol–water partition coefficient (Wildman–Crippen LogP) is 16.0. The lowest BCUT2D eigenvalue weighted by molar-refractivity contribution is 1.63. The molecule has 2 heteroatoms. The molecule has 0 fully saturated rings. The summed E-state index contributed by atoms with van der Waals surface area (Å²) >= 11 is 3.87. The van der Waals surface area contributed by atoms with Crippen LogP contribution in [-0.4, -0.2) is 0 Å². The van der Waals surface area contributed by atoms with E-state index in [4.69, 9.17) is 0 Å². The molecule has 0 nitrogen and oxygen atoms in total. The number of hydrogen-bond donors (Lipinski definition) is 0. The molecule has 0 amide bonds. The Morgan fingerprint density at radius 3 is 1.48 bits per heavy atom. The molecule has 0 saturated heterocycles. The van der Waals surface area contributed by atoms with Crippen molar-refractivity contribution < 1.29 is 0 Å². The van der Waals surface area contributed by atoms with Gasteiger partial charge < -0.3 is 0 Å². The van der Waals surface area contributed by atoms with E-state index in [-0.39, 0.29) is 0 Å². The molecule has 0 atom stereocenters. The van der Waals surface area contributed by atoms with Gasteiger partial charge in [0.25, 0.3) is 0 Å². The summed E-state index contributed by atoms with van der Waals surface area (Å²) in [4.78, 5) is 0. The van der Waals surface area contributed by atoms with Crippen LogP contribution in [0.3, 0.4) is 0 Å². The molecule has 0 saturated carbocycles. The van der Waals surface area contributed by atoms with E-state index >= 15 is 0 Å². The van der Waals surface area contributed by atoms with Crippen molar-refractivity contribution in [3.05, 3.63) is 182 Å². The molecule has 0 N–H and O–H groups in total. The van der Waals surface area contributed by atoms with Gasteiger partial charge in [-0.2, -0.15) is 0 Å². The Morgan fingerprint density at radius 1 is 0.259 bits per heavy atom. The molecule has 0 aliphatic heterocycles. The Kier molecular flexibility index (Phi) is 6.48. The zero-order chi connectivity index (χ0) is 35.3. The van der Waals surface area contributed by atoms with Crippen LogP contribution in [0.2, 0.25) is 0 Å². The average molecular weight is 719 g/mol. The largest absolute Gasteiger partial charge is 0.134 e. The van der Waals surface area contributed by atoms with Crippen LogP contribution in [0.4, 0.5) is 0 Å². The first-order chi connectivity index (χ1) is 26.8. The fraction of sp³-hybridized carbons (Fsp3) is 0. The summed E-state index contributed by atoms with van der Waals surface area (Å²) in [7, 11) is 0. The molecule has 0 aliphatic rings. The van der Waals surface area contributed by atoms with Crippen LogP contribution >= 0.6 is 22.7 Å². The van der Waals surface area contributed by atoms with Crippen LogP contribution in [0.1, 0.15) is 0 Å². The molecule has 0 radical (unpaired) electrons. The van der Waals surface area contributed by atoms with Crippen molar-refractivity contribution in [2.75, 3.05) is 0 Å². The number of thiophene rings is 2. The van der Waals surface area contributed by atoms with Gasteiger partial charge in [0, 0.05) is 45.7 Å². The third-order valence-electron chi connectivity index (χ3n) is 11.4. The van der Waals surface area contributed by atoms with Crippen LogP contribution in [0.15, 0.2) is 182 Å². The quantitative estimate of drug-likeness (QED) is 0.160. The molecule has 0 aliphatic carbocycles. The van der Waals surface area contributed by atoms with Crippen LogP contribution in [0.25, 0.3) is 117 Å². The molecular weight excluding hydrogens is 689 g/mol. The van der Waals surface area contributed by atoms with Gasteiger partial charge in [0.15, 0.2) is 0 Å². The van der Waals surface area contributed by atoms with Crippen LogP contribution < -0.4 is 0 Å².